The van der Waals surface area contributed by atoms with Crippen LogP contribution in [0.15, 0.2) is 71.9 Å². The number of aliphatic hydroxyl groups is 5. The molecule has 3 saturated carbocycles. The molecule has 264 valence electrons. The molecule has 3 aliphatic carbocycles. The highest BCUT2D eigenvalue weighted by molar-refractivity contribution is 7.99. The van der Waals surface area contributed by atoms with Crippen molar-refractivity contribution in [2.45, 2.75) is 91.4 Å². The van der Waals surface area contributed by atoms with Gasteiger partial charge in [0, 0.05) is 55.2 Å². The number of ether oxygens (including phenoxy) is 1. The number of halogens is 1. The molecule has 10 nitrogen and oxygen atoms in total. The second-order valence-electron chi connectivity index (χ2n) is 13.9. The van der Waals surface area contributed by atoms with E-state index in [1.165, 1.54) is 4.90 Å². The van der Waals surface area contributed by atoms with Gasteiger partial charge in [-0.3, -0.25) is 9.78 Å². The summed E-state index contributed by atoms with van der Waals surface area (Å²) in [5.74, 6) is 1.49. The number of nitrogens with one attached hydrogen (secondary N) is 1. The number of pyridine rings is 1. The lowest BCUT2D eigenvalue weighted by Gasteiger charge is -2.29. The third-order valence-electron chi connectivity index (χ3n) is 9.92. The zero-order valence-electron chi connectivity index (χ0n) is 27.6. The summed E-state index contributed by atoms with van der Waals surface area (Å²) in [5.41, 5.74) is 3.77. The fourth-order valence-electron chi connectivity index (χ4n) is 6.22. The van der Waals surface area contributed by atoms with E-state index >= 15 is 0 Å². The van der Waals surface area contributed by atoms with E-state index in [1.807, 2.05) is 42.7 Å². The second-order valence-corrected chi connectivity index (χ2v) is 15.5. The van der Waals surface area contributed by atoms with E-state index in [1.54, 1.807) is 18.8 Å². The monoisotopic (exact) mass is 711 g/mol. The zero-order chi connectivity index (χ0) is 34.8. The molecule has 0 spiro atoms. The topological polar surface area (TPSA) is 156 Å². The number of rotatable bonds is 18. The molecule has 12 heteroatoms. The molecule has 6 N–H and O–H groups in total. The number of nitrogens with zero attached hydrogens (tertiary/aromatic N) is 2. The van der Waals surface area contributed by atoms with Crippen LogP contribution in [-0.4, -0.2) is 103 Å². The number of aromatic nitrogens is 1. The molecule has 0 radical (unpaired) electrons. The van der Waals surface area contributed by atoms with Crippen molar-refractivity contribution >= 4 is 29.3 Å². The Labute approximate surface area is 296 Å². The van der Waals surface area contributed by atoms with E-state index < -0.39 is 36.6 Å². The Balaban J connectivity index is 1.05. The number of carbonyl (C=O) groups is 1. The van der Waals surface area contributed by atoms with Crippen molar-refractivity contribution < 1.29 is 35.1 Å². The highest BCUT2D eigenvalue weighted by Gasteiger charge is 2.55. The molecule has 1 amide bonds. The van der Waals surface area contributed by atoms with Crippen molar-refractivity contribution in [3.63, 3.8) is 0 Å². The first-order valence-electron chi connectivity index (χ1n) is 16.9. The van der Waals surface area contributed by atoms with E-state index in [0.29, 0.717) is 13.0 Å². The molecule has 1 aromatic heterocycles. The van der Waals surface area contributed by atoms with E-state index in [2.05, 4.69) is 34.6 Å². The molecule has 0 bridgehead atoms. The van der Waals surface area contributed by atoms with Crippen LogP contribution in [0.2, 0.25) is 0 Å². The van der Waals surface area contributed by atoms with Crippen LogP contribution in [0, 0.1) is 5.41 Å². The predicted octanol–water partition coefficient (Wildman–Crippen LogP) is 3.44. The number of para-hydroxylation sites is 1. The van der Waals surface area contributed by atoms with Gasteiger partial charge in [-0.25, -0.2) is 0 Å². The minimum Gasteiger partial charge on any atom is -0.490 e. The number of likely N-dealkylation sites (N-methyl/N-ethyl adjacent to an activating group) is 1. The number of thioether (sulfide) groups is 1. The number of carbonyl (C=O) groups excluding carboxylic acids is 1. The van der Waals surface area contributed by atoms with Gasteiger partial charge in [0.2, 0.25) is 5.91 Å². The van der Waals surface area contributed by atoms with Crippen LogP contribution >= 0.6 is 23.4 Å². The van der Waals surface area contributed by atoms with E-state index in [0.717, 1.165) is 70.8 Å². The Morgan fingerprint density at radius 2 is 1.80 bits per heavy atom. The van der Waals surface area contributed by atoms with Gasteiger partial charge in [-0.2, -0.15) is 0 Å². The van der Waals surface area contributed by atoms with Crippen LogP contribution in [-0.2, 0) is 16.9 Å². The molecule has 49 heavy (non-hydrogen) atoms. The van der Waals surface area contributed by atoms with E-state index in [9.17, 15) is 25.2 Å². The molecule has 3 aliphatic rings. The number of hydrogen-bond acceptors (Lipinski definition) is 10. The zero-order valence-corrected chi connectivity index (χ0v) is 29.2. The molecule has 2 unspecified atom stereocenters. The maximum atomic E-state index is 13.0. The number of hydrogen-bond donors (Lipinski definition) is 6. The van der Waals surface area contributed by atoms with Crippen molar-refractivity contribution in [2.75, 3.05) is 26.0 Å². The van der Waals surface area contributed by atoms with E-state index in [4.69, 9.17) is 21.4 Å². The summed E-state index contributed by atoms with van der Waals surface area (Å²) in [6.07, 6.45) is 2.66. The Bertz CT molecular complexity index is 1610. The molecule has 0 saturated heterocycles. The summed E-state index contributed by atoms with van der Waals surface area (Å²) in [7, 11) is 1.54. The first-order valence-corrected chi connectivity index (χ1v) is 18.3. The summed E-state index contributed by atoms with van der Waals surface area (Å²) < 4.78 is 6.26. The predicted molar refractivity (Wildman–Crippen MR) is 188 cm³/mol. The standard InChI is InChI=1S/C37H46ClN3O7S/c1-41(20-29(43)34(46)35(47)30(44)21-42)33(45)17-36(12-13-36)22-49-25-6-4-5-23(15-25)18-40-37(16-32(37)38)28-19-39-14-11-26(28)27-7-2-3-8-31(27)48-24-9-10-24/h2-8,11,14-15,19,24,29-30,32,34-35,40,42-44,46-47H,9-10,12-13,16-18,20-22H2,1H3/t29-,30+,32?,34+,35+,37?/m0/s1. The van der Waals surface area contributed by atoms with Crippen molar-refractivity contribution in [3.05, 3.63) is 78.1 Å². The van der Waals surface area contributed by atoms with Crippen LogP contribution in [0.4, 0.5) is 0 Å². The van der Waals surface area contributed by atoms with E-state index in [-0.39, 0.29) is 29.3 Å². The largest absolute Gasteiger partial charge is 0.490 e. The lowest BCUT2D eigenvalue weighted by molar-refractivity contribution is -0.138. The van der Waals surface area contributed by atoms with Gasteiger partial charge in [0.05, 0.1) is 23.6 Å². The van der Waals surface area contributed by atoms with Gasteiger partial charge in [-0.1, -0.05) is 30.3 Å². The van der Waals surface area contributed by atoms with Crippen LogP contribution in [0.1, 0.15) is 49.7 Å². The molecular weight excluding hydrogens is 666 g/mol. The molecular formula is C37H46ClN3O7S. The maximum absolute atomic E-state index is 13.0. The van der Waals surface area contributed by atoms with Gasteiger partial charge in [-0.15, -0.1) is 23.4 Å². The fraction of sp³-hybridized carbons (Fsp3) is 0.514. The minimum atomic E-state index is -1.73. The molecule has 3 fully saturated rings. The quantitative estimate of drug-likeness (QED) is 0.0854. The lowest BCUT2D eigenvalue weighted by atomic mass is 9.94. The highest BCUT2D eigenvalue weighted by atomic mass is 35.5. The smallest absolute Gasteiger partial charge is 0.222 e. The molecule has 1 heterocycles. The SMILES string of the molecule is CN(C[C@H](O)[C@@H](O)[C@H](O)[C@H](O)CO)C(=O)CC1(CSc2cccc(CNC3(c4cnccc4-c4ccccc4OC4CC4)CC3Cl)c2)CC1. The van der Waals surface area contributed by atoms with Crippen molar-refractivity contribution in [2.24, 2.45) is 5.41 Å². The third-order valence-corrected chi connectivity index (χ3v) is 11.8. The maximum Gasteiger partial charge on any atom is 0.222 e. The second kappa shape index (κ2) is 15.2. The Hall–Kier alpha value is -2.74. The molecule has 3 aromatic rings. The van der Waals surface area contributed by atoms with Gasteiger partial charge in [0.15, 0.2) is 0 Å². The van der Waals surface area contributed by atoms with Gasteiger partial charge in [-0.05, 0) is 78.5 Å². The lowest BCUT2D eigenvalue weighted by Crippen LogP contribution is -2.50. The third kappa shape index (κ3) is 8.60. The fourth-order valence-corrected chi connectivity index (χ4v) is 7.93. The summed E-state index contributed by atoms with van der Waals surface area (Å²) in [5, 5.41) is 52.6. The summed E-state index contributed by atoms with van der Waals surface area (Å²) >= 11 is 8.59. The Kier molecular flexibility index (Phi) is 11.2. The average molecular weight is 712 g/mol. The average Bonchev–Trinajstić information content (AvgIpc) is 4.05. The first kappa shape index (κ1) is 36.1. The molecule has 0 aliphatic heterocycles. The number of benzene rings is 2. The summed E-state index contributed by atoms with van der Waals surface area (Å²) in [6.45, 7) is -0.343. The Morgan fingerprint density at radius 1 is 1.06 bits per heavy atom. The van der Waals surface area contributed by atoms with Gasteiger partial charge in [0.1, 0.15) is 30.2 Å². The number of amides is 1. The van der Waals surface area contributed by atoms with Crippen LogP contribution in [0.3, 0.4) is 0 Å². The Morgan fingerprint density at radius 3 is 2.49 bits per heavy atom. The first-order chi connectivity index (χ1) is 23.5. The molecule has 6 rings (SSSR count). The van der Waals surface area contributed by atoms with Crippen molar-refractivity contribution in [3.8, 4) is 16.9 Å². The minimum absolute atomic E-state index is 0.0727. The highest BCUT2D eigenvalue weighted by Crippen LogP contribution is 2.54. The van der Waals surface area contributed by atoms with Gasteiger partial charge >= 0.3 is 0 Å². The number of alkyl halides is 1. The summed E-state index contributed by atoms with van der Waals surface area (Å²) in [6, 6.07) is 18.6. The number of aliphatic hydroxyl groups excluding tert-OH is 5. The van der Waals surface area contributed by atoms with Crippen LogP contribution < -0.4 is 10.1 Å². The van der Waals surface area contributed by atoms with Crippen molar-refractivity contribution in [1.29, 1.82) is 0 Å². The van der Waals surface area contributed by atoms with Gasteiger partial charge < -0.3 is 40.5 Å². The van der Waals surface area contributed by atoms with Crippen LogP contribution in [0.5, 0.6) is 5.75 Å². The van der Waals surface area contributed by atoms with Crippen molar-refractivity contribution in [1.82, 2.24) is 15.2 Å². The van der Waals surface area contributed by atoms with Crippen LogP contribution in [0.25, 0.3) is 11.1 Å². The normalized spacial score (nSPS) is 23.3. The molecule has 2 aromatic carbocycles. The summed E-state index contributed by atoms with van der Waals surface area (Å²) in [4.78, 5) is 20.0. The molecule has 6 atom stereocenters. The van der Waals surface area contributed by atoms with Gasteiger partial charge in [0.25, 0.3) is 0 Å².